The van der Waals surface area contributed by atoms with Crippen LogP contribution in [0.3, 0.4) is 0 Å². The Kier molecular flexibility index (Phi) is 12.2. The van der Waals surface area contributed by atoms with Crippen molar-refractivity contribution >= 4 is 126 Å². The number of benzene rings is 15. The third-order valence-electron chi connectivity index (χ3n) is 22.0. The zero-order chi connectivity index (χ0) is 66.7. The number of hydrogen-bond acceptors (Lipinski definition) is 0. The van der Waals surface area contributed by atoms with Crippen LogP contribution >= 0.6 is 0 Å². The Bertz CT molecular complexity index is 7110. The van der Waals surface area contributed by atoms with Gasteiger partial charge in [0.2, 0.25) is 0 Å². The van der Waals surface area contributed by atoms with Crippen LogP contribution in [0.1, 0.15) is 17.7 Å². The molecule has 0 atom stereocenters. The third-order valence-corrected chi connectivity index (χ3v) is 22.0. The Labute approximate surface area is 587 Å². The van der Waals surface area contributed by atoms with E-state index in [9.17, 15) is 0 Å². The first-order valence-electron chi connectivity index (χ1n) is 35.4. The minimum absolute atomic E-state index is 0.944. The lowest BCUT2D eigenvalue weighted by Gasteiger charge is -2.17. The van der Waals surface area contributed by atoms with Crippen molar-refractivity contribution in [3.05, 3.63) is 357 Å². The molecule has 102 heavy (non-hydrogen) atoms. The van der Waals surface area contributed by atoms with Crippen LogP contribution in [-0.4, -0.2) is 27.4 Å². The number of rotatable bonds is 9. The van der Waals surface area contributed by atoms with Gasteiger partial charge >= 0.3 is 0 Å². The van der Waals surface area contributed by atoms with Gasteiger partial charge in [0, 0.05) is 105 Å². The highest BCUT2D eigenvalue weighted by Crippen LogP contribution is 2.47. The number of hydrogen-bond donors (Lipinski definition) is 0. The Balaban J connectivity index is 0.769. The summed E-state index contributed by atoms with van der Waals surface area (Å²) in [5.41, 5.74) is 29.3. The molecule has 6 heteroatoms. The van der Waals surface area contributed by atoms with Crippen molar-refractivity contribution in [3.63, 3.8) is 0 Å². The normalized spacial score (nSPS) is 12.6. The minimum Gasteiger partial charge on any atom is -0.313 e. The molecule has 0 amide bonds. The molecule has 0 bridgehead atoms. The number of allylic oxidation sites excluding steroid dienone is 1. The van der Waals surface area contributed by atoms with Crippen LogP contribution in [0.15, 0.2) is 346 Å². The predicted octanol–water partition coefficient (Wildman–Crippen LogP) is 25.1. The van der Waals surface area contributed by atoms with Crippen molar-refractivity contribution in [1.82, 2.24) is 27.4 Å². The maximum absolute atomic E-state index is 2.57. The molecular formula is C96H62N6. The van der Waals surface area contributed by atoms with Gasteiger partial charge in [-0.1, -0.05) is 212 Å². The van der Waals surface area contributed by atoms with Crippen molar-refractivity contribution in [2.75, 3.05) is 0 Å². The summed E-state index contributed by atoms with van der Waals surface area (Å²) in [6.07, 6.45) is 6.66. The topological polar surface area (TPSA) is 29.6 Å². The van der Waals surface area contributed by atoms with Gasteiger partial charge < -0.3 is 27.4 Å². The molecule has 15 aromatic carbocycles. The van der Waals surface area contributed by atoms with E-state index in [1.54, 1.807) is 0 Å². The molecule has 476 valence electrons. The van der Waals surface area contributed by atoms with Crippen molar-refractivity contribution in [1.29, 1.82) is 0 Å². The van der Waals surface area contributed by atoms with Gasteiger partial charge in [0.1, 0.15) is 0 Å². The Morgan fingerprint density at radius 2 is 0.549 bits per heavy atom. The number of para-hydroxylation sites is 8. The summed E-state index contributed by atoms with van der Waals surface area (Å²) >= 11 is 0. The lowest BCUT2D eigenvalue weighted by atomic mass is 9.92. The highest BCUT2D eigenvalue weighted by Gasteiger charge is 2.27. The Morgan fingerprint density at radius 3 is 1.06 bits per heavy atom. The number of nitrogens with zero attached hydrogens (tertiary/aromatic N) is 6. The average molecular weight is 1300 g/mol. The summed E-state index contributed by atoms with van der Waals surface area (Å²) < 4.78 is 15.0. The summed E-state index contributed by atoms with van der Waals surface area (Å²) in [7, 11) is 0. The Morgan fingerprint density at radius 1 is 0.196 bits per heavy atom. The average Bonchev–Trinajstić information content (AvgIpc) is 1.56. The fraction of sp³-hybridized carbons (Fsp3) is 0.0208. The monoisotopic (exact) mass is 1300 g/mol. The molecule has 22 rings (SSSR count). The van der Waals surface area contributed by atoms with E-state index >= 15 is 0 Å². The molecule has 0 spiro atoms. The van der Waals surface area contributed by atoms with Gasteiger partial charge in [0.25, 0.3) is 0 Å². The van der Waals surface area contributed by atoms with Crippen molar-refractivity contribution < 1.29 is 0 Å². The quantitative estimate of drug-likeness (QED) is 0.138. The molecule has 0 saturated heterocycles. The van der Waals surface area contributed by atoms with Gasteiger partial charge in [0.05, 0.1) is 60.7 Å². The molecule has 0 N–H and O–H groups in total. The highest BCUT2D eigenvalue weighted by atomic mass is 15.1. The third kappa shape index (κ3) is 8.29. The van der Waals surface area contributed by atoms with Gasteiger partial charge in [-0.05, 0) is 186 Å². The molecule has 0 fully saturated rings. The molecule has 21 aromatic rings. The smallest absolute Gasteiger partial charge is 0.0788 e. The first-order valence-corrected chi connectivity index (χ1v) is 35.4. The van der Waals surface area contributed by atoms with E-state index in [0.717, 1.165) is 85.9 Å². The maximum atomic E-state index is 2.57. The summed E-state index contributed by atoms with van der Waals surface area (Å²) in [4.78, 5) is 0. The van der Waals surface area contributed by atoms with Gasteiger partial charge in [0.15, 0.2) is 0 Å². The maximum Gasteiger partial charge on any atom is 0.0788 e. The lowest BCUT2D eigenvalue weighted by molar-refractivity contribution is 0.889. The van der Waals surface area contributed by atoms with Crippen LogP contribution < -0.4 is 0 Å². The number of aromatic nitrogens is 6. The minimum atomic E-state index is 0.944. The second kappa shape index (κ2) is 22.0. The standard InChI is InChI=1S/C96H62N6/c1-4-28-67(29-5-1)97-89-48-21-15-42-81(89)93-90(97)52-51-78-73-37-10-19-46-87(73)101(94(78)93)71-35-23-26-62(57-71)65-53-64(61-25-22-34-70(56-61)99-85-44-17-14-41-77(85)83-59-91-82(60-92(83)99)76-40-13-16-43-84(76)98(91)68-30-6-2-7-31-68)54-66(55-65)63-27-24-36-72(58-63)102-88-47-20-12-39-75(88)80-50-49-79-74-38-11-18-45-86(74)100(95(79)96(80)102)69-32-8-3-9-33-69/h1-16,18-43,45-60H,17,44H2. The van der Waals surface area contributed by atoms with Crippen LogP contribution in [0.4, 0.5) is 0 Å². The van der Waals surface area contributed by atoms with Crippen LogP contribution in [0.5, 0.6) is 0 Å². The Hall–Kier alpha value is -13.4. The van der Waals surface area contributed by atoms with Crippen LogP contribution in [0.2, 0.25) is 0 Å². The first kappa shape index (κ1) is 56.6. The SMILES string of the molecule is C1=Cc2c(n(-c3cccc(-c4cc(-c5cccc(-n6c7ccccc7c7ccc8c(c9ccccc9n8-c8ccccc8)c76)c5)cc(-c5cccc(-n6c7ccccc7c7ccc8c9ccccc9n(-c9ccccc9)c8c76)c5)c4)c3)c3cc4c5ccccc5n(-c5ccccc5)c4cc23)CC1. The molecule has 0 unspecified atom stereocenters. The predicted molar refractivity (Wildman–Crippen MR) is 429 cm³/mol. The largest absolute Gasteiger partial charge is 0.313 e. The van der Waals surface area contributed by atoms with Crippen molar-refractivity contribution in [2.45, 2.75) is 12.8 Å². The summed E-state index contributed by atoms with van der Waals surface area (Å²) in [5, 5.41) is 13.6. The van der Waals surface area contributed by atoms with Crippen LogP contribution in [0, 0.1) is 0 Å². The van der Waals surface area contributed by atoms with Crippen LogP contribution in [-0.2, 0) is 6.42 Å². The summed E-state index contributed by atoms with van der Waals surface area (Å²) in [6, 6.07) is 127. The summed E-state index contributed by atoms with van der Waals surface area (Å²) in [6.45, 7) is 0. The van der Waals surface area contributed by atoms with E-state index in [1.165, 1.54) is 126 Å². The molecule has 1 aliphatic rings. The van der Waals surface area contributed by atoms with E-state index in [0.29, 0.717) is 0 Å². The first-order chi connectivity index (χ1) is 50.6. The molecule has 0 radical (unpaired) electrons. The van der Waals surface area contributed by atoms with E-state index in [-0.39, 0.29) is 0 Å². The van der Waals surface area contributed by atoms with Gasteiger partial charge in [-0.2, -0.15) is 0 Å². The summed E-state index contributed by atoms with van der Waals surface area (Å²) in [5.74, 6) is 0. The number of fused-ring (bicyclic) bond motifs is 20. The molecule has 6 heterocycles. The van der Waals surface area contributed by atoms with Crippen molar-refractivity contribution in [2.24, 2.45) is 0 Å². The second-order valence-corrected chi connectivity index (χ2v) is 27.5. The fourth-order valence-electron chi connectivity index (χ4n) is 17.7. The molecule has 6 nitrogen and oxygen atoms in total. The lowest BCUT2D eigenvalue weighted by Crippen LogP contribution is -2.03. The van der Waals surface area contributed by atoms with Gasteiger partial charge in [-0.15, -0.1) is 0 Å². The fourth-order valence-corrected chi connectivity index (χ4v) is 17.7. The van der Waals surface area contributed by atoms with E-state index < -0.39 is 0 Å². The van der Waals surface area contributed by atoms with E-state index in [2.05, 4.69) is 379 Å². The zero-order valence-electron chi connectivity index (χ0n) is 55.6. The molecule has 1 aliphatic carbocycles. The second-order valence-electron chi connectivity index (χ2n) is 27.5. The molecule has 0 aliphatic heterocycles. The van der Waals surface area contributed by atoms with E-state index in [1.807, 2.05) is 0 Å². The van der Waals surface area contributed by atoms with Crippen LogP contribution in [0.25, 0.3) is 194 Å². The van der Waals surface area contributed by atoms with Crippen molar-refractivity contribution in [3.8, 4) is 67.5 Å². The zero-order valence-corrected chi connectivity index (χ0v) is 55.6. The van der Waals surface area contributed by atoms with E-state index in [4.69, 9.17) is 0 Å². The molecule has 6 aromatic heterocycles. The van der Waals surface area contributed by atoms with Gasteiger partial charge in [-0.25, -0.2) is 0 Å². The highest BCUT2D eigenvalue weighted by molar-refractivity contribution is 6.27. The molecular weight excluding hydrogens is 1240 g/mol. The molecule has 0 saturated carbocycles. The van der Waals surface area contributed by atoms with Gasteiger partial charge in [-0.3, -0.25) is 0 Å².